The summed E-state index contributed by atoms with van der Waals surface area (Å²) in [6, 6.07) is 9.68. The van der Waals surface area contributed by atoms with Crippen LogP contribution in [0.25, 0.3) is 0 Å². The number of hydrogen-bond acceptors (Lipinski definition) is 2. The zero-order chi connectivity index (χ0) is 14.4. The Morgan fingerprint density at radius 2 is 2.00 bits per heavy atom. The van der Waals surface area contributed by atoms with E-state index in [1.54, 1.807) is 12.3 Å². The fourth-order valence-electron chi connectivity index (χ4n) is 2.08. The Labute approximate surface area is 117 Å². The molecule has 0 spiro atoms. The second kappa shape index (κ2) is 7.10. The maximum Gasteiger partial charge on any atom is 0.159 e. The van der Waals surface area contributed by atoms with Gasteiger partial charge in [-0.15, -0.1) is 0 Å². The Morgan fingerprint density at radius 1 is 1.15 bits per heavy atom. The largest absolute Gasteiger partial charge is 0.310 e. The van der Waals surface area contributed by atoms with Gasteiger partial charge in [-0.3, -0.25) is 4.98 Å². The molecule has 1 N–H and O–H groups in total. The molecule has 20 heavy (non-hydrogen) atoms. The van der Waals surface area contributed by atoms with E-state index < -0.39 is 11.6 Å². The molecule has 0 saturated carbocycles. The number of nitrogens with zero attached hydrogens (tertiary/aromatic N) is 1. The molecule has 0 bridgehead atoms. The van der Waals surface area contributed by atoms with Gasteiger partial charge in [0.2, 0.25) is 0 Å². The Morgan fingerprint density at radius 3 is 2.65 bits per heavy atom. The summed E-state index contributed by atoms with van der Waals surface area (Å²) in [6.45, 7) is 2.88. The lowest BCUT2D eigenvalue weighted by Crippen LogP contribution is -2.24. The maximum absolute atomic E-state index is 13.4. The van der Waals surface area contributed by atoms with Gasteiger partial charge in [0.15, 0.2) is 11.6 Å². The van der Waals surface area contributed by atoms with Crippen LogP contribution in [0, 0.1) is 11.6 Å². The van der Waals surface area contributed by atoms with Crippen molar-refractivity contribution in [3.8, 4) is 0 Å². The molecular weight excluding hydrogens is 258 g/mol. The van der Waals surface area contributed by atoms with Gasteiger partial charge < -0.3 is 5.32 Å². The molecule has 2 aromatic rings. The first kappa shape index (κ1) is 14.6. The summed E-state index contributed by atoms with van der Waals surface area (Å²) in [5.74, 6) is -1.63. The van der Waals surface area contributed by atoms with Gasteiger partial charge in [-0.1, -0.05) is 19.1 Å². The van der Waals surface area contributed by atoms with Crippen LogP contribution in [0.5, 0.6) is 0 Å². The molecule has 106 valence electrons. The van der Waals surface area contributed by atoms with E-state index in [1.807, 2.05) is 18.2 Å². The molecule has 1 aromatic heterocycles. The lowest BCUT2D eigenvalue weighted by Gasteiger charge is -2.19. The van der Waals surface area contributed by atoms with Crippen molar-refractivity contribution in [3.05, 3.63) is 65.5 Å². The summed E-state index contributed by atoms with van der Waals surface area (Å²) in [5.41, 5.74) is 1.66. The predicted octanol–water partition coefficient (Wildman–Crippen LogP) is 3.64. The molecule has 0 fully saturated rings. The summed E-state index contributed by atoms with van der Waals surface area (Å²) in [4.78, 5) is 4.28. The van der Waals surface area contributed by atoms with Gasteiger partial charge in [-0.2, -0.15) is 0 Å². The number of aromatic nitrogens is 1. The van der Waals surface area contributed by atoms with Crippen LogP contribution in [0.2, 0.25) is 0 Å². The molecule has 2 nitrogen and oxygen atoms in total. The molecule has 0 amide bonds. The second-order valence-corrected chi connectivity index (χ2v) is 4.71. The average molecular weight is 276 g/mol. The van der Waals surface area contributed by atoms with Crippen molar-refractivity contribution in [1.29, 1.82) is 0 Å². The van der Waals surface area contributed by atoms with Gasteiger partial charge >= 0.3 is 0 Å². The first-order valence-electron chi connectivity index (χ1n) is 6.79. The van der Waals surface area contributed by atoms with Crippen LogP contribution in [-0.2, 0) is 6.42 Å². The minimum atomic E-state index is -0.819. The molecule has 1 unspecified atom stereocenters. The first-order valence-corrected chi connectivity index (χ1v) is 6.79. The first-order chi connectivity index (χ1) is 9.70. The number of benzene rings is 1. The van der Waals surface area contributed by atoms with Crippen LogP contribution in [0.1, 0.15) is 30.6 Å². The molecule has 2 rings (SSSR count). The Bertz CT molecular complexity index is 543. The highest BCUT2D eigenvalue weighted by atomic mass is 19.2. The number of pyridine rings is 1. The molecule has 1 heterocycles. The summed E-state index contributed by atoms with van der Waals surface area (Å²) >= 11 is 0. The highest BCUT2D eigenvalue weighted by Gasteiger charge is 2.14. The summed E-state index contributed by atoms with van der Waals surface area (Å²) < 4.78 is 26.4. The quantitative estimate of drug-likeness (QED) is 0.871. The summed E-state index contributed by atoms with van der Waals surface area (Å²) in [7, 11) is 0. The minimum Gasteiger partial charge on any atom is -0.310 e. The fourth-order valence-corrected chi connectivity index (χ4v) is 2.08. The number of nitrogens with one attached hydrogen (secondary N) is 1. The van der Waals surface area contributed by atoms with E-state index in [0.29, 0.717) is 6.42 Å². The van der Waals surface area contributed by atoms with Crippen molar-refractivity contribution in [2.24, 2.45) is 0 Å². The van der Waals surface area contributed by atoms with Gasteiger partial charge in [0.1, 0.15) is 0 Å². The van der Waals surface area contributed by atoms with Gasteiger partial charge in [-0.25, -0.2) is 8.78 Å². The molecule has 0 aliphatic rings. The zero-order valence-corrected chi connectivity index (χ0v) is 11.4. The van der Waals surface area contributed by atoms with Crippen LogP contribution in [0.4, 0.5) is 8.78 Å². The van der Waals surface area contributed by atoms with Crippen LogP contribution < -0.4 is 5.32 Å². The Balaban J connectivity index is 2.20. The Kier molecular flexibility index (Phi) is 5.18. The summed E-state index contributed by atoms with van der Waals surface area (Å²) in [5, 5.41) is 3.35. The van der Waals surface area contributed by atoms with Gasteiger partial charge in [0.25, 0.3) is 0 Å². The van der Waals surface area contributed by atoms with Crippen molar-refractivity contribution in [2.75, 3.05) is 6.54 Å². The third kappa shape index (κ3) is 3.84. The van der Waals surface area contributed by atoms with E-state index in [0.717, 1.165) is 24.2 Å². The van der Waals surface area contributed by atoms with Crippen molar-refractivity contribution in [1.82, 2.24) is 10.3 Å². The van der Waals surface area contributed by atoms with E-state index >= 15 is 0 Å². The third-order valence-corrected chi connectivity index (χ3v) is 3.13. The highest BCUT2D eigenvalue weighted by molar-refractivity contribution is 5.23. The number of hydrogen-bond donors (Lipinski definition) is 1. The monoisotopic (exact) mass is 276 g/mol. The summed E-state index contributed by atoms with van der Waals surface area (Å²) in [6.07, 6.45) is 3.35. The smallest absolute Gasteiger partial charge is 0.159 e. The van der Waals surface area contributed by atoms with Crippen LogP contribution in [-0.4, -0.2) is 11.5 Å². The molecular formula is C16H18F2N2. The second-order valence-electron chi connectivity index (χ2n) is 4.71. The average Bonchev–Trinajstić information content (AvgIpc) is 2.47. The standard InChI is InChI=1S/C16H18F2N2/c1-2-8-20-16(11-13-5-3-4-9-19-13)12-6-7-14(17)15(18)10-12/h3-7,9-10,16,20H,2,8,11H2,1H3. The van der Waals surface area contributed by atoms with E-state index in [4.69, 9.17) is 0 Å². The lowest BCUT2D eigenvalue weighted by atomic mass is 10.0. The van der Waals surface area contributed by atoms with Crippen molar-refractivity contribution in [2.45, 2.75) is 25.8 Å². The van der Waals surface area contributed by atoms with Crippen LogP contribution in [0.15, 0.2) is 42.6 Å². The van der Waals surface area contributed by atoms with E-state index in [2.05, 4.69) is 17.2 Å². The zero-order valence-electron chi connectivity index (χ0n) is 11.4. The predicted molar refractivity (Wildman–Crippen MR) is 75.3 cm³/mol. The molecule has 0 saturated heterocycles. The topological polar surface area (TPSA) is 24.9 Å². The third-order valence-electron chi connectivity index (χ3n) is 3.13. The van der Waals surface area contributed by atoms with Crippen molar-refractivity contribution >= 4 is 0 Å². The Hall–Kier alpha value is -1.81. The van der Waals surface area contributed by atoms with Gasteiger partial charge in [0.05, 0.1) is 0 Å². The lowest BCUT2D eigenvalue weighted by molar-refractivity contribution is 0.492. The van der Waals surface area contributed by atoms with E-state index in [1.165, 1.54) is 12.1 Å². The van der Waals surface area contributed by atoms with Crippen molar-refractivity contribution in [3.63, 3.8) is 0 Å². The molecule has 1 atom stereocenters. The molecule has 0 aliphatic carbocycles. The number of rotatable bonds is 6. The molecule has 0 aliphatic heterocycles. The van der Waals surface area contributed by atoms with Gasteiger partial charge in [-0.05, 0) is 42.8 Å². The molecule has 0 radical (unpaired) electrons. The molecule has 1 aromatic carbocycles. The highest BCUT2D eigenvalue weighted by Crippen LogP contribution is 2.20. The minimum absolute atomic E-state index is 0.0695. The van der Waals surface area contributed by atoms with Crippen LogP contribution in [0.3, 0.4) is 0 Å². The normalized spacial score (nSPS) is 12.3. The van der Waals surface area contributed by atoms with Gasteiger partial charge in [0, 0.05) is 24.4 Å². The maximum atomic E-state index is 13.4. The van der Waals surface area contributed by atoms with E-state index in [9.17, 15) is 8.78 Å². The number of halogens is 2. The van der Waals surface area contributed by atoms with E-state index in [-0.39, 0.29) is 6.04 Å². The fraction of sp³-hybridized carbons (Fsp3) is 0.312. The molecule has 4 heteroatoms. The van der Waals surface area contributed by atoms with Crippen LogP contribution >= 0.6 is 0 Å². The SMILES string of the molecule is CCCNC(Cc1ccccn1)c1ccc(F)c(F)c1. The van der Waals surface area contributed by atoms with Crippen molar-refractivity contribution < 1.29 is 8.78 Å².